The van der Waals surface area contributed by atoms with Crippen LogP contribution in [-0.4, -0.2) is 32.6 Å². The van der Waals surface area contributed by atoms with Crippen molar-refractivity contribution >= 4 is 21.7 Å². The van der Waals surface area contributed by atoms with Gasteiger partial charge >= 0.3 is 5.97 Å². The summed E-state index contributed by atoms with van der Waals surface area (Å²) in [5, 5.41) is 9.51. The number of carboxylic acids is 1. The molecule has 134 valence electrons. The molecule has 0 aliphatic carbocycles. The van der Waals surface area contributed by atoms with Crippen LogP contribution in [0.1, 0.15) is 35.4 Å². The first-order valence-electron chi connectivity index (χ1n) is 8.12. The maximum Gasteiger partial charge on any atom is 0.337 e. The summed E-state index contributed by atoms with van der Waals surface area (Å²) in [7, 11) is -3.83. The highest BCUT2D eigenvalue weighted by Crippen LogP contribution is 2.27. The number of nitrogens with one attached hydrogen (secondary N) is 1. The van der Waals surface area contributed by atoms with E-state index >= 15 is 0 Å². The molecule has 0 amide bonds. The topological polar surface area (TPSA) is 99.8 Å². The molecular formula is C17H20N2O5S. The Bertz CT molecular complexity index is 840. The van der Waals surface area contributed by atoms with Crippen LogP contribution in [-0.2, 0) is 16.6 Å². The fourth-order valence-electron chi connectivity index (χ4n) is 2.93. The molecule has 0 atom stereocenters. The molecule has 1 saturated heterocycles. The maximum atomic E-state index is 12.4. The van der Waals surface area contributed by atoms with Gasteiger partial charge in [0, 0.05) is 13.1 Å². The minimum atomic E-state index is -3.83. The normalized spacial score (nSPS) is 15.3. The van der Waals surface area contributed by atoms with E-state index in [2.05, 4.69) is 4.72 Å². The third kappa shape index (κ3) is 4.02. The van der Waals surface area contributed by atoms with Crippen molar-refractivity contribution in [1.29, 1.82) is 0 Å². The van der Waals surface area contributed by atoms with Crippen molar-refractivity contribution in [2.45, 2.75) is 30.7 Å². The maximum absolute atomic E-state index is 12.4. The molecule has 1 aliphatic rings. The molecule has 0 unspecified atom stereocenters. The van der Waals surface area contributed by atoms with Gasteiger partial charge in [-0.05, 0) is 49.6 Å². The van der Waals surface area contributed by atoms with Gasteiger partial charge in [-0.2, -0.15) is 0 Å². The van der Waals surface area contributed by atoms with Gasteiger partial charge < -0.3 is 14.4 Å². The largest absolute Gasteiger partial charge is 0.478 e. The number of piperidine rings is 1. The smallest absolute Gasteiger partial charge is 0.337 e. The minimum absolute atomic E-state index is 0.00257. The molecule has 0 bridgehead atoms. The first-order valence-corrected chi connectivity index (χ1v) is 9.60. The van der Waals surface area contributed by atoms with Gasteiger partial charge in [0.25, 0.3) is 0 Å². The third-order valence-electron chi connectivity index (χ3n) is 4.22. The van der Waals surface area contributed by atoms with Gasteiger partial charge in [-0.15, -0.1) is 0 Å². The van der Waals surface area contributed by atoms with E-state index in [9.17, 15) is 18.3 Å². The Morgan fingerprint density at radius 2 is 1.96 bits per heavy atom. The number of hydrogen-bond acceptors (Lipinski definition) is 5. The molecule has 8 heteroatoms. The van der Waals surface area contributed by atoms with E-state index in [4.69, 9.17) is 4.42 Å². The van der Waals surface area contributed by atoms with Crippen molar-refractivity contribution in [3.05, 3.63) is 47.9 Å². The van der Waals surface area contributed by atoms with Gasteiger partial charge in [0.2, 0.25) is 10.0 Å². The quantitative estimate of drug-likeness (QED) is 0.817. The number of rotatable bonds is 6. The molecule has 0 saturated carbocycles. The minimum Gasteiger partial charge on any atom is -0.478 e. The Morgan fingerprint density at radius 3 is 2.60 bits per heavy atom. The van der Waals surface area contributed by atoms with E-state index in [-0.39, 0.29) is 17.0 Å². The summed E-state index contributed by atoms with van der Waals surface area (Å²) in [6.07, 6.45) is 4.59. The Balaban J connectivity index is 1.86. The molecule has 2 aromatic rings. The monoisotopic (exact) mass is 364 g/mol. The second-order valence-corrected chi connectivity index (χ2v) is 7.70. The Morgan fingerprint density at radius 1 is 1.20 bits per heavy atom. The van der Waals surface area contributed by atoms with Crippen molar-refractivity contribution < 1.29 is 22.7 Å². The number of furan rings is 1. The lowest BCUT2D eigenvalue weighted by Gasteiger charge is -2.30. The van der Waals surface area contributed by atoms with Crippen LogP contribution in [0.15, 0.2) is 45.9 Å². The van der Waals surface area contributed by atoms with E-state index in [0.717, 1.165) is 32.4 Å². The second-order valence-electron chi connectivity index (χ2n) is 5.94. The molecule has 1 aromatic heterocycles. The lowest BCUT2D eigenvalue weighted by atomic mass is 10.1. The lowest BCUT2D eigenvalue weighted by molar-refractivity contribution is 0.0697. The molecule has 2 heterocycles. The summed E-state index contributed by atoms with van der Waals surface area (Å²) < 4.78 is 32.4. The number of benzene rings is 1. The van der Waals surface area contributed by atoms with E-state index in [1.165, 1.54) is 18.4 Å². The van der Waals surface area contributed by atoms with Gasteiger partial charge in [0.05, 0.1) is 29.0 Å². The van der Waals surface area contributed by atoms with Crippen LogP contribution in [0, 0.1) is 0 Å². The van der Waals surface area contributed by atoms with E-state index in [1.54, 1.807) is 18.2 Å². The van der Waals surface area contributed by atoms with Crippen molar-refractivity contribution in [2.75, 3.05) is 18.0 Å². The number of carboxylic acid groups (broad SMARTS) is 1. The standard InChI is InChI=1S/C17H20N2O5S/c20-17(21)15-11-14(6-7-16(15)19-8-2-1-3-9-19)25(22,23)18-12-13-5-4-10-24-13/h4-7,10-11,18H,1-3,8-9,12H2,(H,20,21). The molecule has 7 nitrogen and oxygen atoms in total. The zero-order chi connectivity index (χ0) is 17.9. The average Bonchev–Trinajstić information content (AvgIpc) is 3.14. The van der Waals surface area contributed by atoms with Gasteiger partial charge in [-0.1, -0.05) is 0 Å². The molecule has 1 fully saturated rings. The molecular weight excluding hydrogens is 344 g/mol. The highest BCUT2D eigenvalue weighted by molar-refractivity contribution is 7.89. The zero-order valence-electron chi connectivity index (χ0n) is 13.6. The molecule has 2 N–H and O–H groups in total. The number of hydrogen-bond donors (Lipinski definition) is 2. The van der Waals surface area contributed by atoms with E-state index in [0.29, 0.717) is 11.4 Å². The van der Waals surface area contributed by atoms with Crippen molar-refractivity contribution in [2.24, 2.45) is 0 Å². The Labute approximate surface area is 146 Å². The van der Waals surface area contributed by atoms with Crippen LogP contribution >= 0.6 is 0 Å². The number of anilines is 1. The van der Waals surface area contributed by atoms with Crippen molar-refractivity contribution in [3.8, 4) is 0 Å². The van der Waals surface area contributed by atoms with Crippen LogP contribution in [0.2, 0.25) is 0 Å². The highest BCUT2D eigenvalue weighted by atomic mass is 32.2. The fourth-order valence-corrected chi connectivity index (χ4v) is 3.95. The summed E-state index contributed by atoms with van der Waals surface area (Å²) in [5.41, 5.74) is 0.569. The van der Waals surface area contributed by atoms with Gasteiger partial charge in [0.1, 0.15) is 5.76 Å². The first kappa shape index (κ1) is 17.5. The van der Waals surface area contributed by atoms with Gasteiger partial charge in [0.15, 0.2) is 0 Å². The predicted octanol–water partition coefficient (Wildman–Crippen LogP) is 2.45. The van der Waals surface area contributed by atoms with Gasteiger partial charge in [-0.3, -0.25) is 0 Å². The van der Waals surface area contributed by atoms with Gasteiger partial charge in [-0.25, -0.2) is 17.9 Å². The van der Waals surface area contributed by atoms with Crippen molar-refractivity contribution in [1.82, 2.24) is 4.72 Å². The SMILES string of the molecule is O=C(O)c1cc(S(=O)(=O)NCc2ccco2)ccc1N1CCCCC1. The summed E-state index contributed by atoms with van der Waals surface area (Å²) in [6, 6.07) is 7.57. The summed E-state index contributed by atoms with van der Waals surface area (Å²) in [5.74, 6) is -0.657. The summed E-state index contributed by atoms with van der Waals surface area (Å²) in [6.45, 7) is 1.57. The number of aromatic carboxylic acids is 1. The van der Waals surface area contributed by atoms with Crippen LogP contribution < -0.4 is 9.62 Å². The third-order valence-corrected chi connectivity index (χ3v) is 5.62. The second kappa shape index (κ2) is 7.28. The average molecular weight is 364 g/mol. The van der Waals surface area contributed by atoms with Crippen LogP contribution in [0.5, 0.6) is 0 Å². The zero-order valence-corrected chi connectivity index (χ0v) is 14.5. The summed E-state index contributed by atoms with van der Waals surface area (Å²) in [4.78, 5) is 13.6. The van der Waals surface area contributed by atoms with E-state index < -0.39 is 16.0 Å². The molecule has 0 spiro atoms. The van der Waals surface area contributed by atoms with E-state index in [1.807, 2.05) is 4.90 Å². The molecule has 0 radical (unpaired) electrons. The Hall–Kier alpha value is -2.32. The number of carbonyl (C=O) groups is 1. The number of nitrogens with zero attached hydrogens (tertiary/aromatic N) is 1. The predicted molar refractivity (Wildman–Crippen MR) is 92.2 cm³/mol. The molecule has 1 aromatic carbocycles. The van der Waals surface area contributed by atoms with Crippen LogP contribution in [0.4, 0.5) is 5.69 Å². The van der Waals surface area contributed by atoms with Crippen LogP contribution in [0.3, 0.4) is 0 Å². The lowest BCUT2D eigenvalue weighted by Crippen LogP contribution is -2.31. The molecule has 25 heavy (non-hydrogen) atoms. The first-order chi connectivity index (χ1) is 12.0. The Kier molecular flexibility index (Phi) is 5.10. The van der Waals surface area contributed by atoms with Crippen LogP contribution in [0.25, 0.3) is 0 Å². The van der Waals surface area contributed by atoms with Crippen molar-refractivity contribution in [3.63, 3.8) is 0 Å². The molecule has 1 aliphatic heterocycles. The highest BCUT2D eigenvalue weighted by Gasteiger charge is 2.22. The summed E-state index contributed by atoms with van der Waals surface area (Å²) >= 11 is 0. The molecule has 3 rings (SSSR count). The fraction of sp³-hybridized carbons (Fsp3) is 0.353. The number of sulfonamides is 1.